The first-order valence-electron chi connectivity index (χ1n) is 14.0. The lowest BCUT2D eigenvalue weighted by Crippen LogP contribution is -2.67. The summed E-state index contributed by atoms with van der Waals surface area (Å²) in [4.78, 5) is 20.2. The number of carbonyl (C=O) groups is 1. The molecule has 1 aromatic carbocycles. The predicted molar refractivity (Wildman–Crippen MR) is 154 cm³/mol. The van der Waals surface area contributed by atoms with Crippen LogP contribution in [0.4, 0.5) is 10.1 Å². The lowest BCUT2D eigenvalue weighted by Gasteiger charge is -2.62. The van der Waals surface area contributed by atoms with Crippen LogP contribution in [0.3, 0.4) is 0 Å². The molecule has 1 spiro atoms. The van der Waals surface area contributed by atoms with Crippen molar-refractivity contribution in [3.63, 3.8) is 0 Å². The molecule has 208 valence electrons. The fourth-order valence-corrected chi connectivity index (χ4v) is 8.10. The SMILES string of the molecule is CN=CNCNC1C=CC(SC2CCN(C3CC4(C3)CN(c3cc(C=O)c(COC)cc3F)C4)CC2)CC1. The Balaban J connectivity index is 1.02. The second kappa shape index (κ2) is 12.5. The summed E-state index contributed by atoms with van der Waals surface area (Å²) in [5.74, 6) is -0.258. The summed E-state index contributed by atoms with van der Waals surface area (Å²) in [6, 6.07) is 4.29. The molecule has 1 saturated carbocycles. The van der Waals surface area contributed by atoms with Crippen molar-refractivity contribution in [2.45, 2.75) is 67.7 Å². The van der Waals surface area contributed by atoms with Crippen molar-refractivity contribution in [2.24, 2.45) is 10.4 Å². The van der Waals surface area contributed by atoms with Crippen LogP contribution in [0.25, 0.3) is 0 Å². The zero-order chi connectivity index (χ0) is 26.5. The van der Waals surface area contributed by atoms with Gasteiger partial charge in [0.25, 0.3) is 0 Å². The maximum Gasteiger partial charge on any atom is 0.150 e. The summed E-state index contributed by atoms with van der Waals surface area (Å²) < 4.78 is 19.9. The van der Waals surface area contributed by atoms with E-state index in [1.54, 1.807) is 26.6 Å². The van der Waals surface area contributed by atoms with Crippen LogP contribution in [0.5, 0.6) is 0 Å². The number of hydrogen-bond acceptors (Lipinski definition) is 7. The van der Waals surface area contributed by atoms with Gasteiger partial charge in [0, 0.05) is 60.8 Å². The summed E-state index contributed by atoms with van der Waals surface area (Å²) in [6.07, 6.45) is 14.7. The van der Waals surface area contributed by atoms with Gasteiger partial charge in [0.1, 0.15) is 12.1 Å². The van der Waals surface area contributed by atoms with Gasteiger partial charge in [-0.2, -0.15) is 11.8 Å². The van der Waals surface area contributed by atoms with E-state index in [0.717, 1.165) is 31.3 Å². The van der Waals surface area contributed by atoms with Crippen LogP contribution < -0.4 is 15.5 Å². The number of benzene rings is 1. The highest BCUT2D eigenvalue weighted by atomic mass is 32.2. The molecule has 5 rings (SSSR count). The largest absolute Gasteiger partial charge is 0.380 e. The lowest BCUT2D eigenvalue weighted by molar-refractivity contribution is -0.0261. The fraction of sp³-hybridized carbons (Fsp3) is 0.655. The van der Waals surface area contributed by atoms with Gasteiger partial charge >= 0.3 is 0 Å². The highest BCUT2D eigenvalue weighted by Gasteiger charge is 2.54. The minimum absolute atomic E-state index is 0.245. The molecule has 2 atom stereocenters. The Labute approximate surface area is 230 Å². The van der Waals surface area contributed by atoms with E-state index < -0.39 is 0 Å². The highest BCUT2D eigenvalue weighted by molar-refractivity contribution is 8.00. The molecule has 0 amide bonds. The van der Waals surface area contributed by atoms with Crippen LogP contribution in [0, 0.1) is 11.2 Å². The van der Waals surface area contributed by atoms with Crippen molar-refractivity contribution in [3.8, 4) is 0 Å². The van der Waals surface area contributed by atoms with Gasteiger partial charge in [0.15, 0.2) is 0 Å². The average Bonchev–Trinajstić information content (AvgIpc) is 2.88. The molecule has 2 unspecified atom stereocenters. The van der Waals surface area contributed by atoms with E-state index in [-0.39, 0.29) is 12.4 Å². The number of piperidine rings is 1. The molecule has 2 N–H and O–H groups in total. The number of nitrogens with one attached hydrogen (secondary N) is 2. The summed E-state index contributed by atoms with van der Waals surface area (Å²) >= 11 is 2.18. The molecule has 1 aromatic rings. The van der Waals surface area contributed by atoms with Crippen molar-refractivity contribution in [2.75, 3.05) is 51.9 Å². The first kappa shape index (κ1) is 27.6. The minimum atomic E-state index is -0.258. The van der Waals surface area contributed by atoms with Crippen molar-refractivity contribution in [1.82, 2.24) is 15.5 Å². The van der Waals surface area contributed by atoms with Crippen molar-refractivity contribution in [3.05, 3.63) is 41.2 Å². The van der Waals surface area contributed by atoms with Gasteiger partial charge in [0.2, 0.25) is 0 Å². The molecule has 0 aromatic heterocycles. The van der Waals surface area contributed by atoms with Crippen LogP contribution in [0.15, 0.2) is 29.3 Å². The van der Waals surface area contributed by atoms with Gasteiger partial charge in [-0.05, 0) is 69.3 Å². The Morgan fingerprint density at radius 2 is 1.97 bits per heavy atom. The van der Waals surface area contributed by atoms with Crippen LogP contribution in [-0.2, 0) is 11.3 Å². The first-order valence-corrected chi connectivity index (χ1v) is 14.9. The second-order valence-corrected chi connectivity index (χ2v) is 13.0. The van der Waals surface area contributed by atoms with Gasteiger partial charge in [-0.25, -0.2) is 4.39 Å². The zero-order valence-corrected chi connectivity index (χ0v) is 23.5. The number of rotatable bonds is 11. The Bertz CT molecular complexity index is 1010. The fourth-order valence-electron chi connectivity index (χ4n) is 6.67. The predicted octanol–water partition coefficient (Wildman–Crippen LogP) is 3.83. The number of hydrogen-bond donors (Lipinski definition) is 2. The Hall–Kier alpha value is -1.94. The number of ether oxygens (including phenoxy) is 1. The molecule has 9 heteroatoms. The number of methoxy groups -OCH3 is 1. The number of nitrogens with zero attached hydrogens (tertiary/aromatic N) is 3. The molecule has 2 aliphatic heterocycles. The molecule has 3 fully saturated rings. The second-order valence-electron chi connectivity index (χ2n) is 11.4. The Morgan fingerprint density at radius 3 is 2.63 bits per heavy atom. The van der Waals surface area contributed by atoms with E-state index in [0.29, 0.717) is 39.6 Å². The van der Waals surface area contributed by atoms with Gasteiger partial charge in [-0.1, -0.05) is 12.2 Å². The summed E-state index contributed by atoms with van der Waals surface area (Å²) in [7, 11) is 3.32. The summed E-state index contributed by atoms with van der Waals surface area (Å²) in [5.41, 5.74) is 2.01. The maximum atomic E-state index is 14.8. The number of carbonyl (C=O) groups excluding carboxylic acids is 1. The molecule has 4 aliphatic rings. The third-order valence-corrected chi connectivity index (χ3v) is 10.3. The van der Waals surface area contributed by atoms with Crippen molar-refractivity contribution >= 4 is 30.1 Å². The molecule has 2 aliphatic carbocycles. The van der Waals surface area contributed by atoms with Crippen LogP contribution >= 0.6 is 11.8 Å². The van der Waals surface area contributed by atoms with E-state index in [4.69, 9.17) is 4.74 Å². The van der Waals surface area contributed by atoms with E-state index in [2.05, 4.69) is 49.3 Å². The smallest absolute Gasteiger partial charge is 0.150 e. The highest BCUT2D eigenvalue weighted by Crippen LogP contribution is 2.52. The molecule has 38 heavy (non-hydrogen) atoms. The molecule has 7 nitrogen and oxygen atoms in total. The normalized spacial score (nSPS) is 26.0. The number of likely N-dealkylation sites (tertiary alicyclic amines) is 1. The number of halogens is 1. The lowest BCUT2D eigenvalue weighted by atomic mass is 9.60. The number of aliphatic imine (C=N–C) groups is 1. The van der Waals surface area contributed by atoms with E-state index in [1.165, 1.54) is 57.7 Å². The molecule has 0 radical (unpaired) electrons. The van der Waals surface area contributed by atoms with E-state index in [1.807, 2.05) is 0 Å². The maximum absolute atomic E-state index is 14.8. The van der Waals surface area contributed by atoms with E-state index in [9.17, 15) is 9.18 Å². The molecular formula is C29H42FN5O2S. The summed E-state index contributed by atoms with van der Waals surface area (Å²) in [5, 5.41) is 8.05. The number of thioether (sulfide) groups is 1. The third-order valence-electron chi connectivity index (χ3n) is 8.73. The van der Waals surface area contributed by atoms with Crippen LogP contribution in [-0.4, -0.2) is 87.1 Å². The van der Waals surface area contributed by atoms with Gasteiger partial charge in [-0.3, -0.25) is 15.1 Å². The number of aldehydes is 1. The average molecular weight is 544 g/mol. The van der Waals surface area contributed by atoms with Crippen molar-refractivity contribution in [1.29, 1.82) is 0 Å². The zero-order valence-electron chi connectivity index (χ0n) is 22.7. The standard InChI is InChI=1S/C29H42FN5O2S/c1-31-19-32-20-33-23-3-5-25(6-4-23)38-26-7-9-34(10-8-26)24-13-29(14-24)17-35(18-29)28-12-21(15-36)22(16-37-2)11-27(28)30/h3,5,11-12,15,19,23-26,33H,4,6-10,13-14,16-18,20H2,1-2H3,(H,31,32). The first-order chi connectivity index (χ1) is 18.5. The Morgan fingerprint density at radius 1 is 1.18 bits per heavy atom. The van der Waals surface area contributed by atoms with Gasteiger partial charge < -0.3 is 19.9 Å². The minimum Gasteiger partial charge on any atom is -0.380 e. The molecule has 2 saturated heterocycles. The van der Waals surface area contributed by atoms with Gasteiger partial charge in [-0.15, -0.1) is 0 Å². The molecule has 2 heterocycles. The topological polar surface area (TPSA) is 69.2 Å². The third kappa shape index (κ3) is 6.27. The van der Waals surface area contributed by atoms with Crippen LogP contribution in [0.1, 0.15) is 54.4 Å². The monoisotopic (exact) mass is 543 g/mol. The summed E-state index contributed by atoms with van der Waals surface area (Å²) in [6.45, 7) is 5.18. The van der Waals surface area contributed by atoms with E-state index >= 15 is 0 Å². The quantitative estimate of drug-likeness (QED) is 0.110. The molecular weight excluding hydrogens is 501 g/mol. The van der Waals surface area contributed by atoms with Crippen molar-refractivity contribution < 1.29 is 13.9 Å². The Kier molecular flexibility index (Phi) is 9.08. The number of anilines is 1. The van der Waals surface area contributed by atoms with Gasteiger partial charge in [0.05, 0.1) is 25.3 Å². The van der Waals surface area contributed by atoms with Crippen LogP contribution in [0.2, 0.25) is 0 Å². The molecule has 0 bridgehead atoms.